The van der Waals surface area contributed by atoms with Crippen LogP contribution in [-0.4, -0.2) is 60.6 Å². The zero-order valence-electron chi connectivity index (χ0n) is 18.5. The molecule has 0 bridgehead atoms. The van der Waals surface area contributed by atoms with Gasteiger partial charge >= 0.3 is 0 Å². The predicted octanol–water partition coefficient (Wildman–Crippen LogP) is 5.28. The highest BCUT2D eigenvalue weighted by Gasteiger charge is 2.23. The molecule has 32 heavy (non-hydrogen) atoms. The number of likely N-dealkylation sites (tertiary alicyclic amines) is 2. The number of hydrogen-bond acceptors (Lipinski definition) is 6. The molecular formula is C26H30N2O3S. The number of benzene rings is 2. The molecule has 0 amide bonds. The number of Topliss-reactive ketones (excluding diaryl/α,β-unsaturated/α-hetero) is 2. The topological polar surface area (TPSA) is 49.9 Å². The quantitative estimate of drug-likeness (QED) is 0.476. The van der Waals surface area contributed by atoms with Crippen molar-refractivity contribution in [3.63, 3.8) is 0 Å². The minimum absolute atomic E-state index is 0.146. The normalized spacial score (nSPS) is 19.0. The van der Waals surface area contributed by atoms with Gasteiger partial charge in [-0.3, -0.25) is 19.4 Å². The Bertz CT molecular complexity index is 929. The molecule has 0 aliphatic carbocycles. The number of nitrogens with zero attached hydrogens (tertiary/aromatic N) is 2. The first-order chi connectivity index (χ1) is 15.7. The standard InChI is InChI=1S/C26H30N2O3S/c29-21(17-27-11-3-1-4-12-27)19-8-10-25-24(15-19)31-23-9-7-20(16-26(23)32-25)22(30)18-28-13-5-2-6-14-28/h7-10,15-16H,1-6,11-14,17-18H2. The van der Waals surface area contributed by atoms with Gasteiger partial charge in [-0.2, -0.15) is 0 Å². The van der Waals surface area contributed by atoms with Crippen LogP contribution in [0.3, 0.4) is 0 Å². The lowest BCUT2D eigenvalue weighted by Gasteiger charge is -2.26. The summed E-state index contributed by atoms with van der Waals surface area (Å²) in [7, 11) is 0. The van der Waals surface area contributed by atoms with Gasteiger partial charge in [-0.15, -0.1) is 0 Å². The lowest BCUT2D eigenvalue weighted by atomic mass is 10.1. The van der Waals surface area contributed by atoms with Crippen molar-refractivity contribution in [3.8, 4) is 11.5 Å². The summed E-state index contributed by atoms with van der Waals surface area (Å²) in [5.41, 5.74) is 1.44. The maximum atomic E-state index is 12.8. The van der Waals surface area contributed by atoms with Crippen molar-refractivity contribution in [2.75, 3.05) is 39.3 Å². The molecule has 0 spiro atoms. The lowest BCUT2D eigenvalue weighted by Crippen LogP contribution is -2.34. The molecular weight excluding hydrogens is 420 g/mol. The molecule has 0 unspecified atom stereocenters. The Morgan fingerprint density at radius 3 is 1.88 bits per heavy atom. The third kappa shape index (κ3) is 4.92. The number of piperidine rings is 2. The largest absolute Gasteiger partial charge is 0.455 e. The van der Waals surface area contributed by atoms with Gasteiger partial charge in [0.05, 0.1) is 22.9 Å². The van der Waals surface area contributed by atoms with Crippen molar-refractivity contribution in [3.05, 3.63) is 47.5 Å². The minimum atomic E-state index is 0.146. The minimum Gasteiger partial charge on any atom is -0.455 e. The smallest absolute Gasteiger partial charge is 0.176 e. The lowest BCUT2D eigenvalue weighted by molar-refractivity contribution is 0.0907. The Kier molecular flexibility index (Phi) is 6.62. The van der Waals surface area contributed by atoms with E-state index < -0.39 is 0 Å². The third-order valence-corrected chi connectivity index (χ3v) is 7.70. The summed E-state index contributed by atoms with van der Waals surface area (Å²) in [5.74, 6) is 1.78. The molecule has 6 heteroatoms. The molecule has 168 valence electrons. The Balaban J connectivity index is 1.26. The molecule has 0 saturated carbocycles. The molecule has 0 atom stereocenters. The summed E-state index contributed by atoms with van der Waals surface area (Å²) in [6.07, 6.45) is 7.25. The summed E-state index contributed by atoms with van der Waals surface area (Å²) >= 11 is 1.60. The average molecular weight is 451 g/mol. The molecule has 3 aliphatic rings. The van der Waals surface area contributed by atoms with Crippen molar-refractivity contribution in [1.29, 1.82) is 0 Å². The molecule has 2 saturated heterocycles. The number of rotatable bonds is 6. The van der Waals surface area contributed by atoms with E-state index in [9.17, 15) is 9.59 Å². The van der Waals surface area contributed by atoms with Crippen molar-refractivity contribution < 1.29 is 14.3 Å². The van der Waals surface area contributed by atoms with Crippen LogP contribution < -0.4 is 4.74 Å². The zero-order chi connectivity index (χ0) is 21.9. The Hall–Kier alpha value is -2.15. The van der Waals surface area contributed by atoms with Gasteiger partial charge in [-0.1, -0.05) is 24.6 Å². The zero-order valence-corrected chi connectivity index (χ0v) is 19.3. The highest BCUT2D eigenvalue weighted by molar-refractivity contribution is 7.99. The van der Waals surface area contributed by atoms with Gasteiger partial charge in [0.15, 0.2) is 11.6 Å². The van der Waals surface area contributed by atoms with E-state index >= 15 is 0 Å². The molecule has 0 aromatic heterocycles. The SMILES string of the molecule is O=C(CN1CCCCC1)c1ccc2c(c1)Oc1ccc(C(=O)CN3CCCCC3)cc1S2. The third-order valence-electron chi connectivity index (χ3n) is 6.60. The van der Waals surface area contributed by atoms with Gasteiger partial charge in [-0.05, 0) is 88.3 Å². The van der Waals surface area contributed by atoms with E-state index in [0.29, 0.717) is 18.7 Å². The van der Waals surface area contributed by atoms with Crippen molar-refractivity contribution in [2.24, 2.45) is 0 Å². The van der Waals surface area contributed by atoms with Crippen molar-refractivity contribution >= 4 is 23.3 Å². The molecule has 0 radical (unpaired) electrons. The Morgan fingerprint density at radius 2 is 1.25 bits per heavy atom. The van der Waals surface area contributed by atoms with Crippen LogP contribution in [0.5, 0.6) is 11.5 Å². The van der Waals surface area contributed by atoms with Gasteiger partial charge in [0.2, 0.25) is 0 Å². The number of ketones is 2. The molecule has 2 aromatic carbocycles. The highest BCUT2D eigenvalue weighted by Crippen LogP contribution is 2.47. The van der Waals surface area contributed by atoms with E-state index in [1.54, 1.807) is 11.8 Å². The fraction of sp³-hybridized carbons (Fsp3) is 0.462. The summed E-state index contributed by atoms with van der Waals surface area (Å²) in [5, 5.41) is 0. The van der Waals surface area contributed by atoms with Crippen LogP contribution in [-0.2, 0) is 0 Å². The second-order valence-electron chi connectivity index (χ2n) is 9.05. The summed E-state index contributed by atoms with van der Waals surface area (Å²) in [6, 6.07) is 11.4. The predicted molar refractivity (Wildman–Crippen MR) is 126 cm³/mol. The number of carbonyl (C=O) groups is 2. The van der Waals surface area contributed by atoms with Crippen LogP contribution in [0.15, 0.2) is 46.2 Å². The number of ether oxygens (including phenoxy) is 1. The maximum absolute atomic E-state index is 12.8. The van der Waals surface area contributed by atoms with E-state index in [2.05, 4.69) is 9.80 Å². The van der Waals surface area contributed by atoms with Gasteiger partial charge in [-0.25, -0.2) is 0 Å². The van der Waals surface area contributed by atoms with Crippen LogP contribution in [0.25, 0.3) is 0 Å². The number of carbonyl (C=O) groups excluding carboxylic acids is 2. The van der Waals surface area contributed by atoms with Crippen LogP contribution in [0.1, 0.15) is 59.2 Å². The highest BCUT2D eigenvalue weighted by atomic mass is 32.2. The molecule has 3 heterocycles. The monoisotopic (exact) mass is 450 g/mol. The maximum Gasteiger partial charge on any atom is 0.176 e. The second kappa shape index (κ2) is 9.77. The van der Waals surface area contributed by atoms with E-state index in [0.717, 1.165) is 53.0 Å². The summed E-state index contributed by atoms with van der Waals surface area (Å²) < 4.78 is 6.13. The van der Waals surface area contributed by atoms with Crippen LogP contribution >= 0.6 is 11.8 Å². The van der Waals surface area contributed by atoms with Crippen molar-refractivity contribution in [1.82, 2.24) is 9.80 Å². The Morgan fingerprint density at radius 1 is 0.688 bits per heavy atom. The van der Waals surface area contributed by atoms with E-state index in [-0.39, 0.29) is 11.6 Å². The first-order valence-electron chi connectivity index (χ1n) is 11.8. The van der Waals surface area contributed by atoms with Crippen LogP contribution in [0.2, 0.25) is 0 Å². The molecule has 3 aliphatic heterocycles. The molecule has 5 nitrogen and oxygen atoms in total. The first-order valence-corrected chi connectivity index (χ1v) is 12.6. The number of fused-ring (bicyclic) bond motifs is 2. The van der Waals surface area contributed by atoms with E-state index in [1.807, 2.05) is 36.4 Å². The molecule has 2 aromatic rings. The van der Waals surface area contributed by atoms with Gasteiger partial charge < -0.3 is 4.74 Å². The fourth-order valence-electron chi connectivity index (χ4n) is 4.75. The molecule has 0 N–H and O–H groups in total. The average Bonchev–Trinajstić information content (AvgIpc) is 2.83. The summed E-state index contributed by atoms with van der Waals surface area (Å²) in [6.45, 7) is 5.01. The van der Waals surface area contributed by atoms with Crippen molar-refractivity contribution in [2.45, 2.75) is 48.3 Å². The van der Waals surface area contributed by atoms with Crippen LogP contribution in [0, 0.1) is 0 Å². The van der Waals surface area contributed by atoms with Crippen LogP contribution in [0.4, 0.5) is 0 Å². The number of hydrogen-bond donors (Lipinski definition) is 0. The van der Waals surface area contributed by atoms with Gasteiger partial charge in [0.1, 0.15) is 11.5 Å². The fourth-order valence-corrected chi connectivity index (χ4v) is 5.72. The van der Waals surface area contributed by atoms with E-state index in [4.69, 9.17) is 4.74 Å². The first kappa shape index (κ1) is 21.7. The van der Waals surface area contributed by atoms with Gasteiger partial charge in [0.25, 0.3) is 0 Å². The summed E-state index contributed by atoms with van der Waals surface area (Å²) in [4.78, 5) is 32.0. The molecule has 5 rings (SSSR count). The Labute approximate surface area is 194 Å². The molecule has 2 fully saturated rings. The van der Waals surface area contributed by atoms with Gasteiger partial charge in [0, 0.05) is 11.1 Å². The second-order valence-corrected chi connectivity index (χ2v) is 10.1. The van der Waals surface area contributed by atoms with E-state index in [1.165, 1.54) is 38.5 Å².